The van der Waals surface area contributed by atoms with Gasteiger partial charge in [-0.2, -0.15) is 0 Å². The number of aliphatic hydroxyl groups is 1. The van der Waals surface area contributed by atoms with Gasteiger partial charge in [-0.1, -0.05) is 48.5 Å². The third kappa shape index (κ3) is 6.68. The standard InChI is InChI=1S/C30H33NO6/c1-36-26-11-6-4-9-24(26)21-14-16-22(17-15-21)29(34)31(23-18-19-23)30(35)25-10-5-7-12-27(25)37-20-8-2-3-13-28(32)33/h4-7,9-12,14-17,23,30,35H,2-3,8,13,18-20H2,1H3,(H,32,33). The third-order valence-electron chi connectivity index (χ3n) is 6.48. The number of hydrogen-bond acceptors (Lipinski definition) is 5. The van der Waals surface area contributed by atoms with E-state index in [1.54, 1.807) is 36.3 Å². The monoisotopic (exact) mass is 503 g/mol. The Bertz CT molecular complexity index is 1200. The number of para-hydroxylation sites is 2. The Morgan fingerprint density at radius 2 is 1.59 bits per heavy atom. The summed E-state index contributed by atoms with van der Waals surface area (Å²) in [6.45, 7) is 0.408. The van der Waals surface area contributed by atoms with Gasteiger partial charge in [-0.05, 0) is 61.9 Å². The van der Waals surface area contributed by atoms with E-state index in [4.69, 9.17) is 14.6 Å². The highest BCUT2D eigenvalue weighted by molar-refractivity contribution is 5.95. The Hall–Kier alpha value is -3.84. The Morgan fingerprint density at radius 3 is 2.27 bits per heavy atom. The summed E-state index contributed by atoms with van der Waals surface area (Å²) in [6.07, 6.45) is 2.74. The SMILES string of the molecule is COc1ccccc1-c1ccc(C(=O)N(C2CC2)C(O)c2ccccc2OCCCCCC(=O)O)cc1. The molecule has 0 aromatic heterocycles. The number of carbonyl (C=O) groups excluding carboxylic acids is 1. The number of carboxylic acids is 1. The number of benzene rings is 3. The van der Waals surface area contributed by atoms with Crippen LogP contribution in [0.3, 0.4) is 0 Å². The van der Waals surface area contributed by atoms with Gasteiger partial charge in [0.25, 0.3) is 5.91 Å². The van der Waals surface area contributed by atoms with Crippen LogP contribution in [0.2, 0.25) is 0 Å². The summed E-state index contributed by atoms with van der Waals surface area (Å²) >= 11 is 0. The lowest BCUT2D eigenvalue weighted by molar-refractivity contribution is -0.137. The number of unbranched alkanes of at least 4 members (excludes halogenated alkanes) is 2. The summed E-state index contributed by atoms with van der Waals surface area (Å²) < 4.78 is 11.4. The van der Waals surface area contributed by atoms with Crippen LogP contribution < -0.4 is 9.47 Å². The molecular formula is C30H33NO6. The highest BCUT2D eigenvalue weighted by Gasteiger charge is 2.38. The second-order valence-corrected chi connectivity index (χ2v) is 9.19. The van der Waals surface area contributed by atoms with Crippen LogP contribution in [0, 0.1) is 0 Å². The van der Waals surface area contributed by atoms with Gasteiger partial charge in [-0.3, -0.25) is 9.59 Å². The molecule has 1 atom stereocenters. The summed E-state index contributed by atoms with van der Waals surface area (Å²) in [5.74, 6) is 0.256. The van der Waals surface area contributed by atoms with Crippen molar-refractivity contribution in [2.45, 2.75) is 50.8 Å². The fourth-order valence-corrected chi connectivity index (χ4v) is 4.37. The number of hydrogen-bond donors (Lipinski definition) is 2. The van der Waals surface area contributed by atoms with Crippen LogP contribution in [0.4, 0.5) is 0 Å². The lowest BCUT2D eigenvalue weighted by Gasteiger charge is -2.29. The first-order valence-corrected chi connectivity index (χ1v) is 12.7. The van der Waals surface area contributed by atoms with E-state index in [1.807, 2.05) is 48.5 Å². The number of rotatable bonds is 13. The lowest BCUT2D eigenvalue weighted by Crippen LogP contribution is -2.37. The van der Waals surface area contributed by atoms with E-state index in [9.17, 15) is 14.7 Å². The molecule has 3 aromatic rings. The minimum atomic E-state index is -1.14. The molecule has 1 aliphatic carbocycles. The molecule has 1 aliphatic rings. The minimum absolute atomic E-state index is 0.0273. The van der Waals surface area contributed by atoms with Gasteiger partial charge in [-0.25, -0.2) is 0 Å². The van der Waals surface area contributed by atoms with Gasteiger partial charge in [0.1, 0.15) is 11.5 Å². The van der Waals surface area contributed by atoms with E-state index >= 15 is 0 Å². The zero-order chi connectivity index (χ0) is 26.2. The number of nitrogens with zero attached hydrogens (tertiary/aromatic N) is 1. The maximum absolute atomic E-state index is 13.6. The van der Waals surface area contributed by atoms with E-state index in [1.165, 1.54) is 0 Å². The molecule has 194 valence electrons. The van der Waals surface area contributed by atoms with Gasteiger partial charge in [0.05, 0.1) is 13.7 Å². The number of amides is 1. The molecule has 7 nitrogen and oxygen atoms in total. The molecule has 2 N–H and O–H groups in total. The number of aliphatic carboxylic acids is 1. The maximum atomic E-state index is 13.6. The molecule has 37 heavy (non-hydrogen) atoms. The van der Waals surface area contributed by atoms with Crippen LogP contribution >= 0.6 is 0 Å². The highest BCUT2D eigenvalue weighted by Crippen LogP contribution is 2.38. The predicted molar refractivity (Wildman–Crippen MR) is 141 cm³/mol. The van der Waals surface area contributed by atoms with Gasteiger partial charge in [0.15, 0.2) is 6.23 Å². The second kappa shape index (κ2) is 12.4. The Labute approximate surface area is 217 Å². The fourth-order valence-electron chi connectivity index (χ4n) is 4.37. The topological polar surface area (TPSA) is 96.3 Å². The first-order valence-electron chi connectivity index (χ1n) is 12.7. The van der Waals surface area contributed by atoms with E-state index in [0.717, 1.165) is 36.1 Å². The van der Waals surface area contributed by atoms with Crippen molar-refractivity contribution in [3.8, 4) is 22.6 Å². The molecule has 0 radical (unpaired) electrons. The molecule has 4 rings (SSSR count). The molecule has 0 spiro atoms. The van der Waals surface area contributed by atoms with Gasteiger partial charge in [0.2, 0.25) is 0 Å². The van der Waals surface area contributed by atoms with Crippen molar-refractivity contribution in [1.29, 1.82) is 0 Å². The van der Waals surface area contributed by atoms with Crippen molar-refractivity contribution in [2.75, 3.05) is 13.7 Å². The fraction of sp³-hybridized carbons (Fsp3) is 0.333. The van der Waals surface area contributed by atoms with Crippen molar-refractivity contribution < 1.29 is 29.3 Å². The van der Waals surface area contributed by atoms with Gasteiger partial charge in [-0.15, -0.1) is 0 Å². The van der Waals surface area contributed by atoms with Crippen LogP contribution in [0.1, 0.15) is 60.7 Å². The van der Waals surface area contributed by atoms with Crippen LogP contribution in [0.15, 0.2) is 72.8 Å². The quantitative estimate of drug-likeness (QED) is 0.230. The molecule has 0 bridgehead atoms. The molecule has 0 aliphatic heterocycles. The Balaban J connectivity index is 1.47. The van der Waals surface area contributed by atoms with E-state index < -0.39 is 12.2 Å². The normalized spacial score (nSPS) is 13.6. The third-order valence-corrected chi connectivity index (χ3v) is 6.48. The van der Waals surface area contributed by atoms with Crippen LogP contribution in [0.5, 0.6) is 11.5 Å². The van der Waals surface area contributed by atoms with Gasteiger partial charge < -0.3 is 24.6 Å². The number of carboxylic acid groups (broad SMARTS) is 1. The first kappa shape index (κ1) is 26.2. The smallest absolute Gasteiger partial charge is 0.303 e. The minimum Gasteiger partial charge on any atom is -0.496 e. The molecule has 1 fully saturated rings. The molecule has 0 heterocycles. The van der Waals surface area contributed by atoms with Crippen molar-refractivity contribution in [3.05, 3.63) is 83.9 Å². The molecule has 7 heteroatoms. The van der Waals surface area contributed by atoms with E-state index in [2.05, 4.69) is 0 Å². The predicted octanol–water partition coefficient (Wildman–Crippen LogP) is 5.68. The Morgan fingerprint density at radius 1 is 0.919 bits per heavy atom. The molecule has 3 aromatic carbocycles. The van der Waals surface area contributed by atoms with Crippen molar-refractivity contribution in [2.24, 2.45) is 0 Å². The number of methoxy groups -OCH3 is 1. The van der Waals surface area contributed by atoms with Crippen molar-refractivity contribution in [3.63, 3.8) is 0 Å². The second-order valence-electron chi connectivity index (χ2n) is 9.19. The van der Waals surface area contributed by atoms with Gasteiger partial charge in [0, 0.05) is 29.2 Å². The number of ether oxygens (including phenoxy) is 2. The summed E-state index contributed by atoms with van der Waals surface area (Å²) in [5.41, 5.74) is 2.92. The molecule has 0 saturated heterocycles. The van der Waals surface area contributed by atoms with Gasteiger partial charge >= 0.3 is 5.97 Å². The zero-order valence-electron chi connectivity index (χ0n) is 21.0. The maximum Gasteiger partial charge on any atom is 0.303 e. The zero-order valence-corrected chi connectivity index (χ0v) is 21.0. The molecular weight excluding hydrogens is 470 g/mol. The largest absolute Gasteiger partial charge is 0.496 e. The van der Waals surface area contributed by atoms with Crippen LogP contribution in [0.25, 0.3) is 11.1 Å². The van der Waals surface area contributed by atoms with Crippen molar-refractivity contribution in [1.82, 2.24) is 4.90 Å². The highest BCUT2D eigenvalue weighted by atomic mass is 16.5. The molecule has 1 saturated carbocycles. The number of carbonyl (C=O) groups is 2. The molecule has 1 amide bonds. The summed E-state index contributed by atoms with van der Waals surface area (Å²) in [5, 5.41) is 20.1. The van der Waals surface area contributed by atoms with Crippen molar-refractivity contribution >= 4 is 11.9 Å². The lowest BCUT2D eigenvalue weighted by atomic mass is 10.0. The first-order chi connectivity index (χ1) is 18.0. The average Bonchev–Trinajstić information content (AvgIpc) is 3.76. The summed E-state index contributed by atoms with van der Waals surface area (Å²) in [6, 6.07) is 22.3. The van der Waals surface area contributed by atoms with E-state index in [-0.39, 0.29) is 18.4 Å². The summed E-state index contributed by atoms with van der Waals surface area (Å²) in [7, 11) is 1.63. The van der Waals surface area contributed by atoms with Crippen LogP contribution in [-0.4, -0.2) is 46.7 Å². The Kier molecular flexibility index (Phi) is 8.80. The molecule has 1 unspecified atom stereocenters. The number of aliphatic hydroxyl groups excluding tert-OH is 1. The van der Waals surface area contributed by atoms with Crippen LogP contribution in [-0.2, 0) is 4.79 Å². The summed E-state index contributed by atoms with van der Waals surface area (Å²) in [4.78, 5) is 25.8. The van der Waals surface area contributed by atoms with E-state index in [0.29, 0.717) is 36.3 Å². The average molecular weight is 504 g/mol.